The minimum absolute atomic E-state index is 0.251. The van der Waals surface area contributed by atoms with Gasteiger partial charge in [0, 0.05) is 19.6 Å². The van der Waals surface area contributed by atoms with Crippen LogP contribution in [0.2, 0.25) is 0 Å². The van der Waals surface area contributed by atoms with Crippen LogP contribution in [0.3, 0.4) is 0 Å². The highest BCUT2D eigenvalue weighted by Gasteiger charge is 2.31. The maximum atomic E-state index is 11.6. The third-order valence-electron chi connectivity index (χ3n) is 2.95. The van der Waals surface area contributed by atoms with Crippen molar-refractivity contribution in [3.05, 3.63) is 0 Å². The maximum Gasteiger partial charge on any atom is 0.156 e. The molecule has 1 aliphatic rings. The fraction of sp³-hybridized carbons (Fsp3) is 1.00. The molecule has 1 unspecified atom stereocenters. The van der Waals surface area contributed by atoms with Gasteiger partial charge in [-0.25, -0.2) is 8.42 Å². The predicted molar refractivity (Wildman–Crippen MR) is 62.5 cm³/mol. The van der Waals surface area contributed by atoms with Gasteiger partial charge in [-0.05, 0) is 18.9 Å². The minimum Gasteiger partial charge on any atom is -0.329 e. The highest BCUT2D eigenvalue weighted by molar-refractivity contribution is 7.92. The molecule has 0 radical (unpaired) electrons. The second-order valence-corrected chi connectivity index (χ2v) is 7.11. The number of hydrogen-bond donors (Lipinski definition) is 1. The Hall–Kier alpha value is -0.130. The third-order valence-corrected chi connectivity index (χ3v) is 5.06. The van der Waals surface area contributed by atoms with E-state index in [9.17, 15) is 8.42 Å². The van der Waals surface area contributed by atoms with Crippen molar-refractivity contribution in [3.63, 3.8) is 0 Å². The molecule has 0 aromatic rings. The van der Waals surface area contributed by atoms with E-state index >= 15 is 0 Å². The molecule has 5 heteroatoms. The molecule has 0 bridgehead atoms. The molecule has 2 N–H and O–H groups in total. The molecular formula is C10H22N2O2S. The highest BCUT2D eigenvalue weighted by Crippen LogP contribution is 2.13. The van der Waals surface area contributed by atoms with Gasteiger partial charge in [-0.15, -0.1) is 0 Å². The Morgan fingerprint density at radius 3 is 2.67 bits per heavy atom. The Morgan fingerprint density at radius 2 is 2.13 bits per heavy atom. The van der Waals surface area contributed by atoms with Crippen LogP contribution in [-0.2, 0) is 9.84 Å². The Labute approximate surface area is 92.7 Å². The van der Waals surface area contributed by atoms with Crippen LogP contribution in [0.25, 0.3) is 0 Å². The smallest absolute Gasteiger partial charge is 0.156 e. The maximum absolute atomic E-state index is 11.6. The topological polar surface area (TPSA) is 63.4 Å². The quantitative estimate of drug-likeness (QED) is 0.749. The molecule has 0 saturated carbocycles. The van der Waals surface area contributed by atoms with Crippen LogP contribution in [0.15, 0.2) is 0 Å². The van der Waals surface area contributed by atoms with Crippen molar-refractivity contribution in [3.8, 4) is 0 Å². The Balaban J connectivity index is 2.47. The average Bonchev–Trinajstić information content (AvgIpc) is 2.15. The van der Waals surface area contributed by atoms with Gasteiger partial charge in [0.05, 0.1) is 11.0 Å². The molecular weight excluding hydrogens is 212 g/mol. The summed E-state index contributed by atoms with van der Waals surface area (Å²) >= 11 is 0. The van der Waals surface area contributed by atoms with Gasteiger partial charge >= 0.3 is 0 Å². The molecule has 1 aliphatic heterocycles. The van der Waals surface area contributed by atoms with Gasteiger partial charge in [0.2, 0.25) is 0 Å². The summed E-state index contributed by atoms with van der Waals surface area (Å²) in [5.41, 5.74) is 5.49. The zero-order valence-electron chi connectivity index (χ0n) is 9.65. The van der Waals surface area contributed by atoms with Crippen molar-refractivity contribution < 1.29 is 8.42 Å². The lowest BCUT2D eigenvalue weighted by Gasteiger charge is -2.32. The molecule has 0 amide bonds. The molecule has 1 rings (SSSR count). The van der Waals surface area contributed by atoms with Crippen molar-refractivity contribution in [2.24, 2.45) is 11.7 Å². The lowest BCUT2D eigenvalue weighted by atomic mass is 10.1. The third kappa shape index (κ3) is 3.74. The summed E-state index contributed by atoms with van der Waals surface area (Å²) in [7, 11) is -2.91. The lowest BCUT2D eigenvalue weighted by Crippen LogP contribution is -2.50. The summed E-state index contributed by atoms with van der Waals surface area (Å²) in [6.07, 6.45) is 1.12. The van der Waals surface area contributed by atoms with E-state index in [0.717, 1.165) is 13.0 Å². The second-order valence-electron chi connectivity index (χ2n) is 4.71. The normalized spacial score (nSPS) is 27.1. The number of hydrogen-bond acceptors (Lipinski definition) is 4. The lowest BCUT2D eigenvalue weighted by molar-refractivity contribution is 0.259. The van der Waals surface area contributed by atoms with Crippen molar-refractivity contribution in [2.45, 2.75) is 25.5 Å². The molecule has 90 valence electrons. The molecule has 1 atom stereocenters. The molecule has 0 aromatic carbocycles. The molecule has 4 nitrogen and oxygen atoms in total. The summed E-state index contributed by atoms with van der Waals surface area (Å²) < 4.78 is 23.2. The van der Waals surface area contributed by atoms with Crippen LogP contribution < -0.4 is 5.73 Å². The molecule has 1 heterocycles. The summed E-state index contributed by atoms with van der Waals surface area (Å²) in [5, 5.41) is -0.349. The van der Waals surface area contributed by atoms with E-state index in [4.69, 9.17) is 5.73 Å². The number of rotatable bonds is 4. The first-order chi connectivity index (χ1) is 6.95. The molecule has 1 fully saturated rings. The summed E-state index contributed by atoms with van der Waals surface area (Å²) in [6, 6.07) is 0. The van der Waals surface area contributed by atoms with Gasteiger partial charge in [-0.3, -0.25) is 0 Å². The molecule has 15 heavy (non-hydrogen) atoms. The van der Waals surface area contributed by atoms with Crippen LogP contribution in [0.4, 0.5) is 0 Å². The van der Waals surface area contributed by atoms with E-state index in [1.165, 1.54) is 0 Å². The zero-order chi connectivity index (χ0) is 11.5. The van der Waals surface area contributed by atoms with Gasteiger partial charge in [0.25, 0.3) is 0 Å². The van der Waals surface area contributed by atoms with E-state index in [-0.39, 0.29) is 17.5 Å². The average molecular weight is 234 g/mol. The van der Waals surface area contributed by atoms with Crippen molar-refractivity contribution in [2.75, 3.05) is 31.9 Å². The van der Waals surface area contributed by atoms with E-state index in [0.29, 0.717) is 19.0 Å². The summed E-state index contributed by atoms with van der Waals surface area (Å²) in [6.45, 7) is 6.89. The molecule has 0 aromatic heterocycles. The van der Waals surface area contributed by atoms with Gasteiger partial charge in [-0.2, -0.15) is 0 Å². The van der Waals surface area contributed by atoms with E-state index in [1.807, 2.05) is 0 Å². The number of sulfone groups is 1. The van der Waals surface area contributed by atoms with Crippen molar-refractivity contribution in [1.82, 2.24) is 4.90 Å². The van der Waals surface area contributed by atoms with Crippen LogP contribution in [0.5, 0.6) is 0 Å². The van der Waals surface area contributed by atoms with E-state index < -0.39 is 9.84 Å². The second kappa shape index (κ2) is 5.27. The highest BCUT2D eigenvalue weighted by atomic mass is 32.2. The minimum atomic E-state index is -2.91. The van der Waals surface area contributed by atoms with E-state index in [1.54, 1.807) is 0 Å². The Morgan fingerprint density at radius 1 is 1.47 bits per heavy atom. The zero-order valence-corrected chi connectivity index (χ0v) is 10.5. The Bertz CT molecular complexity index is 288. The summed E-state index contributed by atoms with van der Waals surface area (Å²) in [4.78, 5) is 2.22. The number of nitrogens with two attached hydrogens (primary N) is 1. The largest absolute Gasteiger partial charge is 0.329 e. The van der Waals surface area contributed by atoms with Crippen molar-refractivity contribution >= 4 is 9.84 Å². The standard InChI is InChI=1S/C10H22N2O2S/c1-9(2)3-4-12-5-6-15(13,14)10(7-11)8-12/h9-10H,3-8,11H2,1-2H3. The van der Waals surface area contributed by atoms with Gasteiger partial charge in [0.15, 0.2) is 9.84 Å². The first-order valence-corrected chi connectivity index (χ1v) is 7.31. The fourth-order valence-electron chi connectivity index (χ4n) is 1.78. The van der Waals surface area contributed by atoms with Crippen LogP contribution in [0.1, 0.15) is 20.3 Å². The first kappa shape index (κ1) is 12.9. The first-order valence-electron chi connectivity index (χ1n) is 5.59. The van der Waals surface area contributed by atoms with Crippen LogP contribution in [-0.4, -0.2) is 50.5 Å². The fourth-order valence-corrected chi connectivity index (χ4v) is 3.36. The molecule has 0 spiro atoms. The van der Waals surface area contributed by atoms with Crippen LogP contribution in [0, 0.1) is 5.92 Å². The van der Waals surface area contributed by atoms with Gasteiger partial charge in [0.1, 0.15) is 0 Å². The van der Waals surface area contributed by atoms with E-state index in [2.05, 4.69) is 18.7 Å². The SMILES string of the molecule is CC(C)CCN1CCS(=O)(=O)C(CN)C1. The monoisotopic (exact) mass is 234 g/mol. The summed E-state index contributed by atoms with van der Waals surface area (Å²) in [5.74, 6) is 0.937. The van der Waals surface area contributed by atoms with Crippen molar-refractivity contribution in [1.29, 1.82) is 0 Å². The van der Waals surface area contributed by atoms with Gasteiger partial charge < -0.3 is 10.6 Å². The van der Waals surface area contributed by atoms with Gasteiger partial charge in [-0.1, -0.05) is 13.8 Å². The predicted octanol–water partition coefficient (Wildman–Crippen LogP) is 0.0902. The molecule has 1 saturated heterocycles. The van der Waals surface area contributed by atoms with Crippen LogP contribution >= 0.6 is 0 Å². The molecule has 0 aliphatic carbocycles. The number of nitrogens with zero attached hydrogens (tertiary/aromatic N) is 1. The Kier molecular flexibility index (Phi) is 4.55.